The molecule has 7 heteroatoms. The fraction of sp³-hybridized carbons (Fsp3) is 0.800. The van der Waals surface area contributed by atoms with Crippen LogP contribution >= 0.6 is 24.0 Å². The third kappa shape index (κ3) is 13.8. The molecule has 0 aromatic carbocycles. The molecule has 100 valence electrons. The summed E-state index contributed by atoms with van der Waals surface area (Å²) < 4.78 is 11.6. The summed E-state index contributed by atoms with van der Waals surface area (Å²) in [5.74, 6) is 1.52. The van der Waals surface area contributed by atoms with E-state index in [1.807, 2.05) is 0 Å². The molecule has 0 aromatic heterocycles. The maximum atomic E-state index is 10.8. The van der Waals surface area contributed by atoms with Gasteiger partial charge in [-0.1, -0.05) is 24.0 Å². The zero-order chi connectivity index (χ0) is 13.1. The summed E-state index contributed by atoms with van der Waals surface area (Å²) in [6.45, 7) is 2.96. The van der Waals surface area contributed by atoms with E-state index in [0.717, 1.165) is 35.2 Å². The van der Waals surface area contributed by atoms with Crippen molar-refractivity contribution in [2.75, 3.05) is 30.9 Å². The van der Waals surface area contributed by atoms with Crippen molar-refractivity contribution in [1.82, 2.24) is 10.6 Å². The Bertz CT molecular complexity index is 272. The fourth-order valence-electron chi connectivity index (χ4n) is 1.04. The Balaban J connectivity index is 3.29. The van der Waals surface area contributed by atoms with Crippen LogP contribution in [0.4, 0.5) is 0 Å². The molecule has 1 amide bonds. The second-order valence-corrected chi connectivity index (χ2v) is 6.86. The maximum absolute atomic E-state index is 10.8. The molecule has 0 radical (unpaired) electrons. The molecular weight excluding hydrogens is 276 g/mol. The topological polar surface area (TPSA) is 58.2 Å². The molecule has 0 aromatic rings. The first-order valence-electron chi connectivity index (χ1n) is 5.47. The highest BCUT2D eigenvalue weighted by Crippen LogP contribution is 2.00. The Hall–Kier alpha value is -0.140. The van der Waals surface area contributed by atoms with Crippen LogP contribution in [0.2, 0.25) is 0 Å². The summed E-state index contributed by atoms with van der Waals surface area (Å²) in [5.41, 5.74) is 0. The molecule has 4 nitrogen and oxygen atoms in total. The van der Waals surface area contributed by atoms with Crippen molar-refractivity contribution in [3.05, 3.63) is 0 Å². The van der Waals surface area contributed by atoms with Gasteiger partial charge in [-0.2, -0.15) is 0 Å². The molecular formula is C10H20N2O2S3. The van der Waals surface area contributed by atoms with Gasteiger partial charge in [-0.3, -0.25) is 9.00 Å². The molecule has 0 spiro atoms. The van der Waals surface area contributed by atoms with Gasteiger partial charge in [-0.25, -0.2) is 0 Å². The van der Waals surface area contributed by atoms with Crippen LogP contribution in [0.1, 0.15) is 19.8 Å². The molecule has 0 aliphatic rings. The molecule has 0 rings (SSSR count). The number of rotatable bonds is 8. The van der Waals surface area contributed by atoms with Crippen LogP contribution in [0.25, 0.3) is 0 Å². The van der Waals surface area contributed by atoms with E-state index in [2.05, 4.69) is 10.6 Å². The molecule has 1 atom stereocenters. The fourth-order valence-corrected chi connectivity index (χ4v) is 2.60. The summed E-state index contributed by atoms with van der Waals surface area (Å²) in [5, 5.41) is 5.84. The van der Waals surface area contributed by atoms with Crippen LogP contribution in [-0.4, -0.2) is 45.3 Å². The molecule has 1 unspecified atom stereocenters. The zero-order valence-electron chi connectivity index (χ0n) is 10.3. The van der Waals surface area contributed by atoms with Gasteiger partial charge in [0.25, 0.3) is 0 Å². The average molecular weight is 296 g/mol. The minimum absolute atomic E-state index is 0.0166. The van der Waals surface area contributed by atoms with Crippen molar-refractivity contribution in [3.8, 4) is 0 Å². The molecule has 0 bridgehead atoms. The molecule has 0 saturated heterocycles. The zero-order valence-corrected chi connectivity index (χ0v) is 12.7. The minimum atomic E-state index is -0.696. The van der Waals surface area contributed by atoms with Crippen LogP contribution < -0.4 is 10.6 Å². The van der Waals surface area contributed by atoms with E-state index in [9.17, 15) is 9.00 Å². The number of carbonyl (C=O) groups excluding carboxylic acids is 1. The summed E-state index contributed by atoms with van der Waals surface area (Å²) in [4.78, 5) is 10.6. The maximum Gasteiger partial charge on any atom is 0.216 e. The van der Waals surface area contributed by atoms with Gasteiger partial charge in [-0.05, 0) is 12.8 Å². The van der Waals surface area contributed by atoms with Gasteiger partial charge in [0.2, 0.25) is 5.91 Å². The Kier molecular flexibility index (Phi) is 10.9. The lowest BCUT2D eigenvalue weighted by Gasteiger charge is -2.07. The van der Waals surface area contributed by atoms with Gasteiger partial charge in [0.05, 0.1) is 0 Å². The van der Waals surface area contributed by atoms with Gasteiger partial charge >= 0.3 is 0 Å². The number of thioether (sulfide) groups is 1. The number of unbranched alkanes of at least 4 members (excludes halogenated alkanes) is 1. The summed E-state index contributed by atoms with van der Waals surface area (Å²) in [6, 6.07) is 0. The first-order chi connectivity index (χ1) is 8.02. The summed E-state index contributed by atoms with van der Waals surface area (Å²) in [6.07, 6.45) is 3.65. The van der Waals surface area contributed by atoms with Crippen molar-refractivity contribution >= 4 is 45.0 Å². The van der Waals surface area contributed by atoms with Gasteiger partial charge in [0, 0.05) is 48.6 Å². The van der Waals surface area contributed by atoms with Crippen LogP contribution in [-0.2, 0) is 15.6 Å². The Labute approximate surface area is 115 Å². The number of thiocarbonyl (C=S) groups is 1. The Morgan fingerprint density at radius 2 is 2.00 bits per heavy atom. The number of hydrogen-bond acceptors (Lipinski definition) is 4. The highest BCUT2D eigenvalue weighted by Gasteiger charge is 1.98. The highest BCUT2D eigenvalue weighted by molar-refractivity contribution is 8.22. The largest absolute Gasteiger partial charge is 0.371 e. The standard InChI is InChI=1S/C10H20N2O2S3/c1-9(13)11-6-7-16-10(15)12-5-3-4-8-17(2)14/h3-8H2,1-2H3,(H,11,13)(H,12,15). The molecule has 2 N–H and O–H groups in total. The van der Waals surface area contributed by atoms with Gasteiger partial charge in [0.15, 0.2) is 0 Å². The van der Waals surface area contributed by atoms with Crippen LogP contribution in [0, 0.1) is 0 Å². The lowest BCUT2D eigenvalue weighted by Crippen LogP contribution is -2.25. The minimum Gasteiger partial charge on any atom is -0.371 e. The predicted molar refractivity (Wildman–Crippen MR) is 79.9 cm³/mol. The molecule has 0 fully saturated rings. The van der Waals surface area contributed by atoms with E-state index < -0.39 is 10.8 Å². The first kappa shape index (κ1) is 16.9. The van der Waals surface area contributed by atoms with E-state index in [0.29, 0.717) is 6.54 Å². The molecule has 0 saturated carbocycles. The molecule has 0 aliphatic carbocycles. The smallest absolute Gasteiger partial charge is 0.216 e. The Morgan fingerprint density at radius 3 is 2.59 bits per heavy atom. The van der Waals surface area contributed by atoms with Crippen molar-refractivity contribution in [2.24, 2.45) is 0 Å². The van der Waals surface area contributed by atoms with E-state index >= 15 is 0 Å². The highest BCUT2D eigenvalue weighted by atomic mass is 32.2. The van der Waals surface area contributed by atoms with Crippen molar-refractivity contribution in [2.45, 2.75) is 19.8 Å². The van der Waals surface area contributed by atoms with Crippen LogP contribution in [0.3, 0.4) is 0 Å². The SMILES string of the molecule is CC(=O)NCCSC(=S)NCCCCS(C)=O. The van der Waals surface area contributed by atoms with E-state index in [1.54, 1.807) is 6.26 Å². The van der Waals surface area contributed by atoms with Gasteiger partial charge < -0.3 is 10.6 Å². The van der Waals surface area contributed by atoms with E-state index in [4.69, 9.17) is 12.2 Å². The second kappa shape index (κ2) is 11.0. The monoisotopic (exact) mass is 296 g/mol. The normalized spacial score (nSPS) is 11.9. The van der Waals surface area contributed by atoms with Crippen molar-refractivity contribution in [1.29, 1.82) is 0 Å². The third-order valence-corrected chi connectivity index (χ3v) is 4.01. The number of carbonyl (C=O) groups is 1. The lowest BCUT2D eigenvalue weighted by atomic mass is 10.3. The lowest BCUT2D eigenvalue weighted by molar-refractivity contribution is -0.118. The number of hydrogen-bond donors (Lipinski definition) is 2. The second-order valence-electron chi connectivity index (χ2n) is 3.53. The molecule has 0 heterocycles. The Morgan fingerprint density at radius 1 is 1.29 bits per heavy atom. The van der Waals surface area contributed by atoms with Crippen molar-refractivity contribution in [3.63, 3.8) is 0 Å². The third-order valence-electron chi connectivity index (χ3n) is 1.84. The van der Waals surface area contributed by atoms with Gasteiger partial charge in [0.1, 0.15) is 4.32 Å². The summed E-state index contributed by atoms with van der Waals surface area (Å²) in [7, 11) is -0.696. The quantitative estimate of drug-likeness (QED) is 0.514. The number of nitrogens with one attached hydrogen (secondary N) is 2. The van der Waals surface area contributed by atoms with Gasteiger partial charge in [-0.15, -0.1) is 0 Å². The average Bonchev–Trinajstić information content (AvgIpc) is 2.23. The molecule has 0 aliphatic heterocycles. The van der Waals surface area contributed by atoms with Crippen LogP contribution in [0.15, 0.2) is 0 Å². The van der Waals surface area contributed by atoms with E-state index in [1.165, 1.54) is 18.7 Å². The van der Waals surface area contributed by atoms with Crippen LogP contribution in [0.5, 0.6) is 0 Å². The first-order valence-corrected chi connectivity index (χ1v) is 8.59. The molecule has 17 heavy (non-hydrogen) atoms. The summed E-state index contributed by atoms with van der Waals surface area (Å²) >= 11 is 6.64. The number of amides is 1. The van der Waals surface area contributed by atoms with E-state index in [-0.39, 0.29) is 5.91 Å². The predicted octanol–water partition coefficient (Wildman–Crippen LogP) is 0.889. The van der Waals surface area contributed by atoms with Crippen molar-refractivity contribution < 1.29 is 9.00 Å².